The molecule has 2 N–H and O–H groups in total. The maximum atomic E-state index is 13.1. The number of nitrogens with one attached hydrogen (secondary N) is 2. The van der Waals surface area contributed by atoms with Gasteiger partial charge in [0.05, 0.1) is 23.2 Å². The van der Waals surface area contributed by atoms with E-state index in [2.05, 4.69) is 15.1 Å². The molecule has 0 aliphatic carbocycles. The molecule has 1 atom stereocenters. The molecule has 8 heteroatoms. The molecule has 3 aromatic carbocycles. The molecule has 7 nitrogen and oxygen atoms in total. The van der Waals surface area contributed by atoms with Gasteiger partial charge in [0.1, 0.15) is 5.71 Å². The molecule has 1 heterocycles. The Morgan fingerprint density at radius 2 is 1.70 bits per heavy atom. The molecule has 1 aliphatic heterocycles. The van der Waals surface area contributed by atoms with Gasteiger partial charge in [0.15, 0.2) is 0 Å². The number of rotatable bonds is 7. The van der Waals surface area contributed by atoms with Crippen molar-refractivity contribution in [1.82, 2.24) is 0 Å². The molecule has 33 heavy (non-hydrogen) atoms. The van der Waals surface area contributed by atoms with E-state index in [1.807, 2.05) is 65.7 Å². The normalized spacial score (nSPS) is 15.8. The lowest BCUT2D eigenvalue weighted by molar-refractivity contribution is -0.110. The van der Waals surface area contributed by atoms with Crippen LogP contribution in [0, 0.1) is 6.92 Å². The summed E-state index contributed by atoms with van der Waals surface area (Å²) in [5.41, 5.74) is 4.21. The number of amides is 1. The second-order valence-corrected chi connectivity index (χ2v) is 9.86. The van der Waals surface area contributed by atoms with Crippen LogP contribution in [0.3, 0.4) is 0 Å². The largest absolute Gasteiger partial charge is 0.321 e. The van der Waals surface area contributed by atoms with Crippen molar-refractivity contribution in [2.24, 2.45) is 5.10 Å². The molecule has 1 aliphatic rings. The first kappa shape index (κ1) is 22.5. The van der Waals surface area contributed by atoms with Gasteiger partial charge in [-0.1, -0.05) is 48.5 Å². The fraction of sp³-hybridized carbons (Fsp3) is 0.200. The minimum atomic E-state index is -3.37. The zero-order valence-corrected chi connectivity index (χ0v) is 19.3. The Balaban J connectivity index is 1.55. The lowest BCUT2D eigenvalue weighted by atomic mass is 10.0. The summed E-state index contributed by atoms with van der Waals surface area (Å²) in [6, 6.07) is 24.8. The molecule has 0 spiro atoms. The van der Waals surface area contributed by atoms with Gasteiger partial charge in [0.25, 0.3) is 5.91 Å². The number of hydrogen-bond acceptors (Lipinski definition) is 5. The fourth-order valence-corrected chi connectivity index (χ4v) is 4.41. The summed E-state index contributed by atoms with van der Waals surface area (Å²) in [6.45, 7) is 3.37. The van der Waals surface area contributed by atoms with E-state index in [1.54, 1.807) is 32.0 Å². The van der Waals surface area contributed by atoms with Crippen molar-refractivity contribution in [3.8, 4) is 0 Å². The summed E-state index contributed by atoms with van der Waals surface area (Å²) < 4.78 is 26.3. The van der Waals surface area contributed by atoms with Crippen molar-refractivity contribution in [3.05, 3.63) is 90.0 Å². The highest BCUT2D eigenvalue weighted by atomic mass is 32.2. The molecule has 1 unspecified atom stereocenters. The minimum absolute atomic E-state index is 0.00868. The predicted octanol–water partition coefficient (Wildman–Crippen LogP) is 4.70. The van der Waals surface area contributed by atoms with E-state index in [1.165, 1.54) is 0 Å². The Morgan fingerprint density at radius 3 is 2.33 bits per heavy atom. The smallest absolute Gasteiger partial charge is 0.271 e. The first-order valence-electron chi connectivity index (χ1n) is 10.8. The summed E-state index contributed by atoms with van der Waals surface area (Å²) in [6.07, 6.45) is 0.470. The number of benzene rings is 3. The molecular formula is C25H26N4O3S. The fourth-order valence-electron chi connectivity index (χ4n) is 3.70. The van der Waals surface area contributed by atoms with Crippen LogP contribution in [0.2, 0.25) is 0 Å². The highest BCUT2D eigenvalue weighted by Crippen LogP contribution is 2.35. The maximum Gasteiger partial charge on any atom is 0.271 e. The second-order valence-electron chi connectivity index (χ2n) is 7.85. The summed E-state index contributed by atoms with van der Waals surface area (Å²) in [4.78, 5) is 13.1. The Labute approximate surface area is 194 Å². The molecule has 170 valence electrons. The Kier molecular flexibility index (Phi) is 6.46. The monoisotopic (exact) mass is 462 g/mol. The molecule has 3 aromatic rings. The molecule has 1 amide bonds. The van der Waals surface area contributed by atoms with E-state index in [9.17, 15) is 13.2 Å². The van der Waals surface area contributed by atoms with Gasteiger partial charge in [-0.15, -0.1) is 0 Å². The predicted molar refractivity (Wildman–Crippen MR) is 133 cm³/mol. The third-order valence-electron chi connectivity index (χ3n) is 5.51. The van der Waals surface area contributed by atoms with E-state index in [0.29, 0.717) is 29.1 Å². The van der Waals surface area contributed by atoms with Gasteiger partial charge in [0, 0.05) is 12.1 Å². The van der Waals surface area contributed by atoms with Crippen molar-refractivity contribution >= 4 is 38.7 Å². The van der Waals surface area contributed by atoms with Gasteiger partial charge in [-0.25, -0.2) is 8.42 Å². The zero-order valence-electron chi connectivity index (χ0n) is 18.5. The van der Waals surface area contributed by atoms with Crippen molar-refractivity contribution in [1.29, 1.82) is 0 Å². The first-order chi connectivity index (χ1) is 15.9. The lowest BCUT2D eigenvalue weighted by Gasteiger charge is -2.23. The SMILES string of the molecule is CCS(=O)(=O)Nc1ccc(NC(=O)C2=NN(c3ccccc3)C(c3ccccc3)C2)cc1C. The van der Waals surface area contributed by atoms with E-state index in [0.717, 1.165) is 11.3 Å². The van der Waals surface area contributed by atoms with Crippen LogP contribution < -0.4 is 15.0 Å². The Hall–Kier alpha value is -3.65. The second kappa shape index (κ2) is 9.46. The number of hydrazone groups is 1. The van der Waals surface area contributed by atoms with Crippen LogP contribution in [-0.2, 0) is 14.8 Å². The van der Waals surface area contributed by atoms with Crippen molar-refractivity contribution < 1.29 is 13.2 Å². The number of nitrogens with zero attached hydrogens (tertiary/aromatic N) is 2. The van der Waals surface area contributed by atoms with Gasteiger partial charge in [0.2, 0.25) is 10.0 Å². The van der Waals surface area contributed by atoms with Gasteiger partial charge >= 0.3 is 0 Å². The molecule has 0 radical (unpaired) electrons. The minimum Gasteiger partial charge on any atom is -0.321 e. The van der Waals surface area contributed by atoms with Gasteiger partial charge in [-0.3, -0.25) is 14.5 Å². The summed E-state index contributed by atoms with van der Waals surface area (Å²) in [7, 11) is -3.37. The van der Waals surface area contributed by atoms with E-state index in [4.69, 9.17) is 0 Å². The van der Waals surface area contributed by atoms with Crippen LogP contribution >= 0.6 is 0 Å². The van der Waals surface area contributed by atoms with Crippen molar-refractivity contribution in [3.63, 3.8) is 0 Å². The summed E-state index contributed by atoms with van der Waals surface area (Å²) in [5.74, 6) is -0.290. The Bertz CT molecular complexity index is 1280. The van der Waals surface area contributed by atoms with Gasteiger partial charge < -0.3 is 5.32 Å². The highest BCUT2D eigenvalue weighted by molar-refractivity contribution is 7.92. The zero-order chi connectivity index (χ0) is 23.4. The summed E-state index contributed by atoms with van der Waals surface area (Å²) in [5, 5.41) is 9.44. The number of aryl methyl sites for hydroxylation is 1. The van der Waals surface area contributed by atoms with Crippen LogP contribution in [0.5, 0.6) is 0 Å². The quantitative estimate of drug-likeness (QED) is 0.532. The molecule has 0 saturated heterocycles. The first-order valence-corrected chi connectivity index (χ1v) is 12.4. The number of hydrogen-bond donors (Lipinski definition) is 2. The molecular weight excluding hydrogens is 436 g/mol. The van der Waals surface area contributed by atoms with Crippen LogP contribution in [0.15, 0.2) is 84.0 Å². The Morgan fingerprint density at radius 1 is 1.03 bits per heavy atom. The molecule has 0 fully saturated rings. The van der Waals surface area contributed by atoms with Gasteiger partial charge in [-0.2, -0.15) is 5.10 Å². The van der Waals surface area contributed by atoms with Crippen molar-refractivity contribution in [2.45, 2.75) is 26.3 Å². The maximum absolute atomic E-state index is 13.1. The van der Waals surface area contributed by atoms with Crippen molar-refractivity contribution in [2.75, 3.05) is 20.8 Å². The standard InChI is InChI=1S/C25H26N4O3S/c1-3-33(31,32)28-22-15-14-20(16-18(22)2)26-25(30)23-17-24(19-10-6-4-7-11-19)29(27-23)21-12-8-5-9-13-21/h4-16,24,28H,3,17H2,1-2H3,(H,26,30). The lowest BCUT2D eigenvalue weighted by Crippen LogP contribution is -2.22. The topological polar surface area (TPSA) is 90.9 Å². The number of para-hydroxylation sites is 1. The van der Waals surface area contributed by atoms with E-state index >= 15 is 0 Å². The average Bonchev–Trinajstić information content (AvgIpc) is 3.28. The van der Waals surface area contributed by atoms with E-state index < -0.39 is 10.0 Å². The number of anilines is 3. The third kappa shape index (κ3) is 5.23. The van der Waals surface area contributed by atoms with Crippen LogP contribution in [0.1, 0.15) is 30.5 Å². The summed E-state index contributed by atoms with van der Waals surface area (Å²) >= 11 is 0. The number of carbonyl (C=O) groups is 1. The average molecular weight is 463 g/mol. The van der Waals surface area contributed by atoms with Gasteiger partial charge in [-0.05, 0) is 55.3 Å². The molecule has 0 bridgehead atoms. The van der Waals surface area contributed by atoms with Crippen LogP contribution in [-0.4, -0.2) is 25.8 Å². The molecule has 0 saturated carbocycles. The third-order valence-corrected chi connectivity index (χ3v) is 6.80. The van der Waals surface area contributed by atoms with Crippen LogP contribution in [0.25, 0.3) is 0 Å². The number of sulfonamides is 1. The van der Waals surface area contributed by atoms with E-state index in [-0.39, 0.29) is 17.7 Å². The molecule has 0 aromatic heterocycles. The highest BCUT2D eigenvalue weighted by Gasteiger charge is 2.32. The number of carbonyl (C=O) groups excluding carboxylic acids is 1. The van der Waals surface area contributed by atoms with Crippen LogP contribution in [0.4, 0.5) is 17.1 Å². The molecule has 4 rings (SSSR count).